The van der Waals surface area contributed by atoms with Crippen molar-refractivity contribution in [2.45, 2.75) is 50.8 Å². The summed E-state index contributed by atoms with van der Waals surface area (Å²) in [6, 6.07) is 0.248. The summed E-state index contributed by atoms with van der Waals surface area (Å²) in [6.07, 6.45) is 2.10. The molecule has 0 spiro atoms. The number of aromatic hydroxyl groups is 1. The Morgan fingerprint density at radius 2 is 1.92 bits per heavy atom. The summed E-state index contributed by atoms with van der Waals surface area (Å²) in [5, 5.41) is 25.9. The van der Waals surface area contributed by atoms with E-state index >= 15 is 0 Å². The predicted molar refractivity (Wildman–Crippen MR) is 133 cm³/mol. The maximum absolute atomic E-state index is 13.8. The zero-order chi connectivity index (χ0) is 27.4. The van der Waals surface area contributed by atoms with Crippen LogP contribution < -0.4 is 11.1 Å². The number of hydrogen-bond acceptors (Lipinski definition) is 9. The van der Waals surface area contributed by atoms with Crippen LogP contribution in [0.4, 0.5) is 0 Å². The number of carbonyl (C=O) groups excluding carboxylic acids is 5. The summed E-state index contributed by atoms with van der Waals surface area (Å²) < 4.78 is 0. The molecule has 1 amide bonds. The van der Waals surface area contributed by atoms with Gasteiger partial charge in [0.25, 0.3) is 0 Å². The van der Waals surface area contributed by atoms with E-state index in [1.165, 1.54) is 11.0 Å². The number of aliphatic hydroxyl groups is 1. The molecule has 2 fully saturated rings. The lowest BCUT2D eigenvalue weighted by molar-refractivity contribution is -0.181. The second-order valence-corrected chi connectivity index (χ2v) is 10.9. The monoisotopic (exact) mass is 533 g/mol. The topological polar surface area (TPSA) is 167 Å². The molecule has 1 aromatic carbocycles. The number of benzene rings is 1. The van der Waals surface area contributed by atoms with E-state index < -0.39 is 64.4 Å². The minimum atomic E-state index is -2.74. The van der Waals surface area contributed by atoms with Crippen LogP contribution in [0.1, 0.15) is 47.7 Å². The van der Waals surface area contributed by atoms with Gasteiger partial charge in [-0.15, -0.1) is 0 Å². The van der Waals surface area contributed by atoms with E-state index in [0.29, 0.717) is 22.7 Å². The summed E-state index contributed by atoms with van der Waals surface area (Å²) >= 11 is 6.68. The lowest BCUT2D eigenvalue weighted by atomic mass is 9.52. The molecule has 4 rings (SSSR count). The van der Waals surface area contributed by atoms with E-state index in [9.17, 15) is 34.2 Å². The van der Waals surface area contributed by atoms with Gasteiger partial charge in [-0.05, 0) is 63.0 Å². The lowest BCUT2D eigenvalue weighted by Crippen LogP contribution is -2.74. The molecule has 2 unspecified atom stereocenters. The molecule has 10 nitrogen and oxygen atoms in total. The molecule has 0 aromatic heterocycles. The first-order chi connectivity index (χ1) is 17.4. The Bertz CT molecular complexity index is 1200. The van der Waals surface area contributed by atoms with Crippen LogP contribution in [0.25, 0.3) is 0 Å². The molecular weight excluding hydrogens is 502 g/mol. The minimum absolute atomic E-state index is 0.0139. The molecular formula is C26H32ClN3O7. The van der Waals surface area contributed by atoms with Gasteiger partial charge in [-0.2, -0.15) is 0 Å². The minimum Gasteiger partial charge on any atom is -0.507 e. The Balaban J connectivity index is 1.77. The Labute approximate surface area is 219 Å². The van der Waals surface area contributed by atoms with Gasteiger partial charge in [-0.1, -0.05) is 24.9 Å². The van der Waals surface area contributed by atoms with Crippen molar-refractivity contribution in [2.24, 2.45) is 29.4 Å². The number of fused-ring (bicyclic) bond motifs is 3. The standard InChI is InChI=1S/C26H32ClN3O7/c1-4-5-6-29-10-12-9-15(31)17-13(19(12)27)7-11-8-14-20(30(2)3)22(33)18(25(28)36)24(35)26(14,37)23(34)16(11)21(17)32/h9,11,14,16,18,20,29,31,37H,4-8,10H2,1-3H3,(H2,28,36)/t11-,14-,16?,18?,20-,26-/m0/s1. The third-order valence-electron chi connectivity index (χ3n) is 8.09. The summed E-state index contributed by atoms with van der Waals surface area (Å²) in [5.41, 5.74) is 3.49. The summed E-state index contributed by atoms with van der Waals surface area (Å²) in [4.78, 5) is 67.2. The van der Waals surface area contributed by atoms with Crippen molar-refractivity contribution in [2.75, 3.05) is 20.6 Å². The van der Waals surface area contributed by atoms with Crippen LogP contribution >= 0.6 is 11.6 Å². The first kappa shape index (κ1) is 27.4. The molecule has 200 valence electrons. The maximum atomic E-state index is 13.8. The van der Waals surface area contributed by atoms with Crippen molar-refractivity contribution in [1.82, 2.24) is 10.2 Å². The molecule has 6 atom stereocenters. The Kier molecular flexibility index (Phi) is 7.33. The molecule has 0 radical (unpaired) electrons. The van der Waals surface area contributed by atoms with E-state index in [-0.39, 0.29) is 24.2 Å². The number of nitrogens with zero attached hydrogens (tertiary/aromatic N) is 1. The van der Waals surface area contributed by atoms with Crippen LogP contribution in [-0.2, 0) is 32.1 Å². The van der Waals surface area contributed by atoms with Crippen molar-refractivity contribution in [3.8, 4) is 5.75 Å². The predicted octanol–water partition coefficient (Wildman–Crippen LogP) is 0.410. The smallest absolute Gasteiger partial charge is 0.235 e. The number of phenolic OH excluding ortho intramolecular Hbond substituents is 1. The number of rotatable bonds is 7. The average molecular weight is 534 g/mol. The zero-order valence-electron chi connectivity index (χ0n) is 21.0. The first-order valence-electron chi connectivity index (χ1n) is 12.5. The molecule has 2 saturated carbocycles. The van der Waals surface area contributed by atoms with Crippen LogP contribution in [0.15, 0.2) is 6.07 Å². The number of likely N-dealkylation sites (N-methyl/N-ethyl adjacent to an activating group) is 1. The quantitative estimate of drug-likeness (QED) is 0.286. The number of carbonyl (C=O) groups is 5. The van der Waals surface area contributed by atoms with Gasteiger partial charge in [0.2, 0.25) is 5.91 Å². The number of unbranched alkanes of at least 4 members (excludes halogenated alkanes) is 1. The van der Waals surface area contributed by atoms with Crippen LogP contribution in [0, 0.1) is 23.7 Å². The van der Waals surface area contributed by atoms with Gasteiger partial charge in [0.1, 0.15) is 5.75 Å². The van der Waals surface area contributed by atoms with Gasteiger partial charge in [0, 0.05) is 17.5 Å². The fourth-order valence-electron chi connectivity index (χ4n) is 6.36. The highest BCUT2D eigenvalue weighted by molar-refractivity contribution is 6.34. The molecule has 3 aliphatic carbocycles. The number of halogens is 1. The van der Waals surface area contributed by atoms with Crippen molar-refractivity contribution in [3.05, 3.63) is 27.8 Å². The van der Waals surface area contributed by atoms with Crippen molar-refractivity contribution in [3.63, 3.8) is 0 Å². The van der Waals surface area contributed by atoms with Crippen LogP contribution in [-0.4, -0.2) is 76.4 Å². The molecule has 0 bridgehead atoms. The van der Waals surface area contributed by atoms with Crippen molar-refractivity contribution >= 4 is 40.6 Å². The summed E-state index contributed by atoms with van der Waals surface area (Å²) in [5.74, 6) is -10.7. The third-order valence-corrected chi connectivity index (χ3v) is 8.56. The molecule has 0 saturated heterocycles. The van der Waals surface area contributed by atoms with E-state index in [0.717, 1.165) is 19.4 Å². The number of hydrogen-bond donors (Lipinski definition) is 4. The van der Waals surface area contributed by atoms with E-state index in [4.69, 9.17) is 17.3 Å². The molecule has 11 heteroatoms. The molecule has 3 aliphatic rings. The number of phenols is 1. The van der Waals surface area contributed by atoms with Crippen molar-refractivity contribution < 1.29 is 34.2 Å². The highest BCUT2D eigenvalue weighted by atomic mass is 35.5. The maximum Gasteiger partial charge on any atom is 0.235 e. The van der Waals surface area contributed by atoms with Gasteiger partial charge in [-0.25, -0.2) is 0 Å². The molecule has 37 heavy (non-hydrogen) atoms. The van der Waals surface area contributed by atoms with E-state index in [1.807, 2.05) is 0 Å². The van der Waals surface area contributed by atoms with Gasteiger partial charge in [0.15, 0.2) is 34.7 Å². The van der Waals surface area contributed by atoms with Gasteiger partial charge in [0.05, 0.1) is 17.5 Å². The van der Waals surface area contributed by atoms with Gasteiger partial charge >= 0.3 is 0 Å². The van der Waals surface area contributed by atoms with Crippen LogP contribution in [0.2, 0.25) is 5.02 Å². The van der Waals surface area contributed by atoms with Crippen LogP contribution in [0.5, 0.6) is 5.75 Å². The highest BCUT2D eigenvalue weighted by Crippen LogP contribution is 2.51. The van der Waals surface area contributed by atoms with Gasteiger partial charge in [-0.3, -0.25) is 28.9 Å². The zero-order valence-corrected chi connectivity index (χ0v) is 21.8. The lowest BCUT2D eigenvalue weighted by Gasteiger charge is -2.52. The Morgan fingerprint density at radius 3 is 2.51 bits per heavy atom. The fraction of sp³-hybridized carbons (Fsp3) is 0.577. The fourth-order valence-corrected chi connectivity index (χ4v) is 6.65. The molecule has 0 aliphatic heterocycles. The molecule has 5 N–H and O–H groups in total. The number of ketones is 4. The number of nitrogens with one attached hydrogen (secondary N) is 1. The average Bonchev–Trinajstić information content (AvgIpc) is 2.81. The third kappa shape index (κ3) is 4.10. The van der Waals surface area contributed by atoms with Crippen LogP contribution in [0.3, 0.4) is 0 Å². The van der Waals surface area contributed by atoms with Gasteiger partial charge < -0.3 is 21.3 Å². The SMILES string of the molecule is CCCCNCc1cc(O)c2c(c1Cl)C[C@H]1C[C@H]3[C@H](N(C)C)C(=O)C(C(N)=O)C(=O)[C@@]3(O)C(=O)C1C2=O. The summed E-state index contributed by atoms with van der Waals surface area (Å²) in [7, 11) is 3.09. The Hall–Kier alpha value is -2.66. The summed E-state index contributed by atoms with van der Waals surface area (Å²) in [6.45, 7) is 3.20. The highest BCUT2D eigenvalue weighted by Gasteiger charge is 2.69. The normalized spacial score (nSPS) is 31.2. The number of Topliss-reactive ketones (excluding diaryl/α,β-unsaturated/α-hetero) is 4. The Morgan fingerprint density at radius 1 is 1.24 bits per heavy atom. The largest absolute Gasteiger partial charge is 0.507 e. The second-order valence-electron chi connectivity index (χ2n) is 10.5. The number of primary amides is 1. The first-order valence-corrected chi connectivity index (χ1v) is 12.8. The second kappa shape index (κ2) is 9.90. The van der Waals surface area contributed by atoms with E-state index in [2.05, 4.69) is 12.2 Å². The number of amides is 1. The van der Waals surface area contributed by atoms with E-state index in [1.54, 1.807) is 14.1 Å². The number of nitrogens with two attached hydrogens (primary N) is 1. The molecule has 0 heterocycles. The van der Waals surface area contributed by atoms with Crippen molar-refractivity contribution in [1.29, 1.82) is 0 Å². The molecule has 1 aromatic rings.